The van der Waals surface area contributed by atoms with Gasteiger partial charge in [-0.05, 0) is 66.5 Å². The Kier molecular flexibility index (Phi) is 20.8. The van der Waals surface area contributed by atoms with Crippen LogP contribution in [0, 0.1) is 5.92 Å². The predicted octanol–water partition coefficient (Wildman–Crippen LogP) is 9.70. The highest BCUT2D eigenvalue weighted by atomic mass is 16.8. The number of hydrogen-bond donors (Lipinski definition) is 2. The first-order valence-electron chi connectivity index (χ1n) is 28.2. The standard InChI is InChI=1S/C66H78O14/c1-66(2)79-59-51(36-54-58(68)64(75-42-50-32-20-9-21-33-50)61(73-40-48-28-16-7-17-29-48)56(77-54)44-71-38-46-24-12-5-13-25-46)65(69-3)78-53(62(59)80-66)35-34-52-57(67)63(74-41-49-30-18-8-19-31-49)60(72-39-47-26-14-6-15-27-47)55(76-52)43-70-37-45-22-10-4-11-23-45/h4-33,51-65,67-68H,34-44H2,1-3H3/t51-,52+,53-,54+,55-,56-,57+,58+,59-,60-,61-,62+,63-,64-,65-/m1/s1. The molecule has 0 amide bonds. The second-order valence-electron chi connectivity index (χ2n) is 21.8. The molecule has 426 valence electrons. The molecule has 10 rings (SSSR count). The van der Waals surface area contributed by atoms with Crippen LogP contribution in [0.1, 0.15) is 66.5 Å². The lowest BCUT2D eigenvalue weighted by molar-refractivity contribution is -0.287. The molecule has 80 heavy (non-hydrogen) atoms. The van der Waals surface area contributed by atoms with Crippen molar-refractivity contribution in [2.45, 2.75) is 164 Å². The van der Waals surface area contributed by atoms with Gasteiger partial charge in [-0.3, -0.25) is 0 Å². The lowest BCUT2D eigenvalue weighted by Gasteiger charge is -2.48. The van der Waals surface area contributed by atoms with Gasteiger partial charge in [-0.2, -0.15) is 0 Å². The summed E-state index contributed by atoms with van der Waals surface area (Å²) < 4.78 is 80.3. The fraction of sp³-hybridized carbons (Fsp3) is 0.455. The third-order valence-electron chi connectivity index (χ3n) is 15.5. The van der Waals surface area contributed by atoms with Gasteiger partial charge in [0.15, 0.2) is 12.1 Å². The number of aliphatic hydroxyl groups excluding tert-OH is 2. The predicted molar refractivity (Wildman–Crippen MR) is 298 cm³/mol. The summed E-state index contributed by atoms with van der Waals surface area (Å²) in [5.74, 6) is -1.46. The van der Waals surface area contributed by atoms with E-state index in [4.69, 9.17) is 56.8 Å². The molecule has 4 aliphatic heterocycles. The summed E-state index contributed by atoms with van der Waals surface area (Å²) in [4.78, 5) is 0. The van der Waals surface area contributed by atoms with Gasteiger partial charge in [-0.15, -0.1) is 0 Å². The van der Waals surface area contributed by atoms with Crippen LogP contribution in [0.15, 0.2) is 182 Å². The van der Waals surface area contributed by atoms with Gasteiger partial charge in [-0.1, -0.05) is 182 Å². The van der Waals surface area contributed by atoms with Crippen LogP contribution >= 0.6 is 0 Å². The Hall–Kier alpha value is -5.24. The van der Waals surface area contributed by atoms with E-state index in [1.54, 1.807) is 7.11 Å². The van der Waals surface area contributed by atoms with Gasteiger partial charge in [0.25, 0.3) is 0 Å². The largest absolute Gasteiger partial charge is 0.388 e. The van der Waals surface area contributed by atoms with Crippen molar-refractivity contribution in [1.29, 1.82) is 0 Å². The van der Waals surface area contributed by atoms with Gasteiger partial charge < -0.3 is 67.1 Å². The van der Waals surface area contributed by atoms with Crippen molar-refractivity contribution in [3.63, 3.8) is 0 Å². The average Bonchev–Trinajstić information content (AvgIpc) is 3.86. The molecular formula is C66H78O14. The smallest absolute Gasteiger partial charge is 0.163 e. The molecule has 0 unspecified atom stereocenters. The molecule has 14 heteroatoms. The highest BCUT2D eigenvalue weighted by Gasteiger charge is 2.58. The summed E-state index contributed by atoms with van der Waals surface area (Å²) in [5, 5.41) is 25.1. The molecule has 0 saturated carbocycles. The molecule has 4 fully saturated rings. The Morgan fingerprint density at radius 1 is 0.388 bits per heavy atom. The third kappa shape index (κ3) is 15.4. The summed E-state index contributed by atoms with van der Waals surface area (Å²) >= 11 is 0. The van der Waals surface area contributed by atoms with Gasteiger partial charge in [0.2, 0.25) is 0 Å². The Morgan fingerprint density at radius 2 is 0.725 bits per heavy atom. The van der Waals surface area contributed by atoms with E-state index in [2.05, 4.69) is 0 Å². The van der Waals surface area contributed by atoms with Crippen LogP contribution in [0.5, 0.6) is 0 Å². The number of ether oxygens (including phenoxy) is 12. The number of aliphatic hydroxyl groups is 2. The highest BCUT2D eigenvalue weighted by Crippen LogP contribution is 2.45. The second kappa shape index (κ2) is 28.6. The normalized spacial score (nSPS) is 30.2. The van der Waals surface area contributed by atoms with E-state index in [1.807, 2.05) is 196 Å². The summed E-state index contributed by atoms with van der Waals surface area (Å²) in [7, 11) is 1.62. The van der Waals surface area contributed by atoms with E-state index in [0.29, 0.717) is 26.1 Å². The fourth-order valence-corrected chi connectivity index (χ4v) is 11.5. The second-order valence-corrected chi connectivity index (χ2v) is 21.8. The van der Waals surface area contributed by atoms with Crippen LogP contribution in [0.4, 0.5) is 0 Å². The number of fused-ring (bicyclic) bond motifs is 1. The van der Waals surface area contributed by atoms with Crippen molar-refractivity contribution in [2.75, 3.05) is 20.3 Å². The van der Waals surface area contributed by atoms with Crippen LogP contribution in [0.25, 0.3) is 0 Å². The molecule has 14 nitrogen and oxygen atoms in total. The highest BCUT2D eigenvalue weighted by molar-refractivity contribution is 5.18. The van der Waals surface area contributed by atoms with Gasteiger partial charge in [0.1, 0.15) is 54.9 Å². The zero-order chi connectivity index (χ0) is 55.1. The molecule has 2 N–H and O–H groups in total. The minimum atomic E-state index is -1.14. The first-order chi connectivity index (χ1) is 39.2. The van der Waals surface area contributed by atoms with Crippen molar-refractivity contribution in [3.8, 4) is 0 Å². The topological polar surface area (TPSA) is 151 Å². The minimum Gasteiger partial charge on any atom is -0.388 e. The number of methoxy groups -OCH3 is 1. The molecule has 0 spiro atoms. The van der Waals surface area contributed by atoms with E-state index >= 15 is 0 Å². The number of benzene rings is 6. The van der Waals surface area contributed by atoms with Crippen LogP contribution in [0.2, 0.25) is 0 Å². The lowest BCUT2D eigenvalue weighted by Crippen LogP contribution is -2.62. The van der Waals surface area contributed by atoms with Crippen molar-refractivity contribution in [3.05, 3.63) is 215 Å². The molecule has 4 heterocycles. The average molecular weight is 1100 g/mol. The van der Waals surface area contributed by atoms with Gasteiger partial charge in [0, 0.05) is 13.0 Å². The van der Waals surface area contributed by atoms with E-state index < -0.39 is 97.3 Å². The van der Waals surface area contributed by atoms with Crippen molar-refractivity contribution >= 4 is 0 Å². The SMILES string of the molecule is CO[C@@H]1O[C@H](CC[C@@H]2O[C@H](COCc3ccccc3)[C@@H](OCc3ccccc3)[C@H](OCc3ccccc3)[C@H]2O)[C@@H]2OC(C)(C)O[C@@H]2[C@H]1C[C@@H]1O[C@H](COCc2ccccc2)[C@@H](OCc2ccccc2)[C@H](OCc2ccccc2)[C@H]1O. The fourth-order valence-electron chi connectivity index (χ4n) is 11.5. The van der Waals surface area contributed by atoms with Gasteiger partial charge in [0.05, 0.1) is 77.3 Å². The van der Waals surface area contributed by atoms with Crippen LogP contribution in [-0.4, -0.2) is 122 Å². The van der Waals surface area contributed by atoms with E-state index in [-0.39, 0.29) is 46.1 Å². The molecule has 0 aliphatic carbocycles. The van der Waals surface area contributed by atoms with Gasteiger partial charge in [-0.25, -0.2) is 0 Å². The Labute approximate surface area is 471 Å². The summed E-state index contributed by atoms with van der Waals surface area (Å²) in [6.45, 7) is 5.95. The first-order valence-corrected chi connectivity index (χ1v) is 28.2. The van der Waals surface area contributed by atoms with Crippen molar-refractivity contribution in [1.82, 2.24) is 0 Å². The monoisotopic (exact) mass is 1090 g/mol. The number of hydrogen-bond acceptors (Lipinski definition) is 14. The third-order valence-corrected chi connectivity index (χ3v) is 15.5. The van der Waals surface area contributed by atoms with Crippen LogP contribution in [-0.2, 0) is 96.5 Å². The summed E-state index contributed by atoms with van der Waals surface area (Å²) in [6.07, 6.45) is -9.32. The molecule has 0 bridgehead atoms. The minimum absolute atomic E-state index is 0.172. The quantitative estimate of drug-likeness (QED) is 0.0530. The molecule has 0 aromatic heterocycles. The molecule has 4 aliphatic rings. The Balaban J connectivity index is 0.879. The zero-order valence-corrected chi connectivity index (χ0v) is 46.1. The molecule has 4 saturated heterocycles. The zero-order valence-electron chi connectivity index (χ0n) is 46.1. The van der Waals surface area contributed by atoms with Crippen LogP contribution in [0.3, 0.4) is 0 Å². The summed E-state index contributed by atoms with van der Waals surface area (Å²) in [6, 6.07) is 59.7. The van der Waals surface area contributed by atoms with E-state index in [9.17, 15) is 10.2 Å². The summed E-state index contributed by atoms with van der Waals surface area (Å²) in [5.41, 5.74) is 5.93. The maximum atomic E-state index is 12.6. The molecule has 6 aromatic rings. The Bertz CT molecular complexity index is 2690. The molecule has 0 radical (unpaired) electrons. The lowest BCUT2D eigenvalue weighted by atomic mass is 9.81. The van der Waals surface area contributed by atoms with Crippen molar-refractivity contribution in [2.24, 2.45) is 5.92 Å². The Morgan fingerprint density at radius 3 is 1.12 bits per heavy atom. The van der Waals surface area contributed by atoms with Crippen LogP contribution < -0.4 is 0 Å². The van der Waals surface area contributed by atoms with Crippen molar-refractivity contribution < 1.29 is 67.1 Å². The molecular weight excluding hydrogens is 1020 g/mol. The van der Waals surface area contributed by atoms with E-state index in [1.165, 1.54) is 0 Å². The first kappa shape index (κ1) is 58.0. The molecule has 15 atom stereocenters. The molecule has 6 aromatic carbocycles. The maximum Gasteiger partial charge on any atom is 0.163 e. The number of rotatable bonds is 26. The maximum absolute atomic E-state index is 12.6. The van der Waals surface area contributed by atoms with Gasteiger partial charge >= 0.3 is 0 Å². The van der Waals surface area contributed by atoms with E-state index in [0.717, 1.165) is 33.4 Å².